The van der Waals surface area contributed by atoms with E-state index < -0.39 is 42.3 Å². The summed E-state index contributed by atoms with van der Waals surface area (Å²) in [4.78, 5) is 45.4. The standard InChI is InChI=1S/C16H22N4O6/c17-11(7-9-1-3-10(21)4-2-9)15(24)19-8-14(23)20-12(16(25)26)5-6-13(18)22/h1-4,11-12,21H,5-8,17H2,(H2,18,22)(H,19,24)(H,20,23)(H,25,26)/t11-,12-/m0/s1. The number of phenols is 1. The molecule has 2 atom stereocenters. The van der Waals surface area contributed by atoms with E-state index in [9.17, 15) is 24.3 Å². The first kappa shape index (κ1) is 20.9. The van der Waals surface area contributed by atoms with Crippen molar-refractivity contribution in [1.82, 2.24) is 10.6 Å². The summed E-state index contributed by atoms with van der Waals surface area (Å²) in [5.41, 5.74) is 11.4. The van der Waals surface area contributed by atoms with Crippen molar-refractivity contribution < 1.29 is 29.4 Å². The van der Waals surface area contributed by atoms with Crippen molar-refractivity contribution >= 4 is 23.7 Å². The quantitative estimate of drug-likeness (QED) is 0.282. The third-order valence-electron chi connectivity index (χ3n) is 3.46. The number of hydrogen-bond donors (Lipinski definition) is 6. The molecule has 0 unspecified atom stereocenters. The van der Waals surface area contributed by atoms with Gasteiger partial charge in [-0.05, 0) is 30.5 Å². The van der Waals surface area contributed by atoms with Crippen molar-refractivity contribution in [3.63, 3.8) is 0 Å². The van der Waals surface area contributed by atoms with Crippen LogP contribution in [0.2, 0.25) is 0 Å². The number of carbonyl (C=O) groups excluding carboxylic acids is 3. The van der Waals surface area contributed by atoms with Crippen LogP contribution in [0.4, 0.5) is 0 Å². The molecular formula is C16H22N4O6. The number of aliphatic carboxylic acids is 1. The average molecular weight is 366 g/mol. The van der Waals surface area contributed by atoms with Crippen LogP contribution >= 0.6 is 0 Å². The molecule has 0 spiro atoms. The van der Waals surface area contributed by atoms with E-state index in [4.69, 9.17) is 16.6 Å². The molecule has 0 saturated heterocycles. The van der Waals surface area contributed by atoms with E-state index in [1.54, 1.807) is 12.1 Å². The highest BCUT2D eigenvalue weighted by Gasteiger charge is 2.21. The molecule has 0 aliphatic rings. The number of carbonyl (C=O) groups is 4. The number of hydrogen-bond acceptors (Lipinski definition) is 6. The van der Waals surface area contributed by atoms with Gasteiger partial charge in [0.25, 0.3) is 0 Å². The molecule has 1 rings (SSSR count). The molecule has 0 radical (unpaired) electrons. The van der Waals surface area contributed by atoms with E-state index in [0.717, 1.165) is 5.56 Å². The van der Waals surface area contributed by atoms with E-state index in [1.807, 2.05) is 0 Å². The fourth-order valence-corrected chi connectivity index (χ4v) is 2.07. The summed E-state index contributed by atoms with van der Waals surface area (Å²) < 4.78 is 0. The van der Waals surface area contributed by atoms with Crippen molar-refractivity contribution in [2.45, 2.75) is 31.3 Å². The predicted molar refractivity (Wildman–Crippen MR) is 90.8 cm³/mol. The summed E-state index contributed by atoms with van der Waals surface area (Å²) in [5, 5.41) is 22.7. The topological polar surface area (TPSA) is 185 Å². The number of benzene rings is 1. The smallest absolute Gasteiger partial charge is 0.326 e. The number of rotatable bonds is 10. The Labute approximate surface area is 149 Å². The monoisotopic (exact) mass is 366 g/mol. The molecule has 0 aliphatic carbocycles. The molecule has 3 amide bonds. The Morgan fingerprint density at radius 2 is 1.73 bits per heavy atom. The van der Waals surface area contributed by atoms with Crippen LogP contribution < -0.4 is 22.1 Å². The summed E-state index contributed by atoms with van der Waals surface area (Å²) >= 11 is 0. The van der Waals surface area contributed by atoms with Crippen LogP contribution in [0.5, 0.6) is 5.75 Å². The predicted octanol–water partition coefficient (Wildman–Crippen LogP) is -1.79. The number of nitrogens with two attached hydrogens (primary N) is 2. The number of phenolic OH excluding ortho intramolecular Hbond substituents is 1. The molecule has 0 saturated carbocycles. The minimum atomic E-state index is -1.31. The van der Waals surface area contributed by atoms with Gasteiger partial charge in [0.1, 0.15) is 11.8 Å². The highest BCUT2D eigenvalue weighted by molar-refractivity contribution is 5.89. The summed E-state index contributed by atoms with van der Waals surface area (Å²) in [6.45, 7) is -0.456. The van der Waals surface area contributed by atoms with Gasteiger partial charge in [0, 0.05) is 6.42 Å². The Hall–Kier alpha value is -3.14. The van der Waals surface area contributed by atoms with E-state index in [0.29, 0.717) is 0 Å². The molecule has 0 aliphatic heterocycles. The van der Waals surface area contributed by atoms with Crippen LogP contribution in [-0.4, -0.2) is 52.5 Å². The molecule has 10 heteroatoms. The van der Waals surface area contributed by atoms with Gasteiger partial charge >= 0.3 is 5.97 Å². The van der Waals surface area contributed by atoms with Gasteiger partial charge in [-0.15, -0.1) is 0 Å². The van der Waals surface area contributed by atoms with Gasteiger partial charge in [-0.2, -0.15) is 0 Å². The zero-order valence-electron chi connectivity index (χ0n) is 14.0. The van der Waals surface area contributed by atoms with Crippen LogP contribution in [-0.2, 0) is 25.6 Å². The number of primary amides is 1. The van der Waals surface area contributed by atoms with Gasteiger partial charge in [-0.1, -0.05) is 12.1 Å². The number of amides is 3. The molecular weight excluding hydrogens is 344 g/mol. The minimum Gasteiger partial charge on any atom is -0.508 e. The molecule has 1 aromatic rings. The lowest BCUT2D eigenvalue weighted by Crippen LogP contribution is -2.49. The Balaban J connectivity index is 2.44. The van der Waals surface area contributed by atoms with Crippen molar-refractivity contribution in [2.24, 2.45) is 11.5 Å². The fraction of sp³-hybridized carbons (Fsp3) is 0.375. The Morgan fingerprint density at radius 3 is 2.27 bits per heavy atom. The van der Waals surface area contributed by atoms with E-state index >= 15 is 0 Å². The number of aromatic hydroxyl groups is 1. The first-order valence-corrected chi connectivity index (χ1v) is 7.80. The normalized spacial score (nSPS) is 12.7. The molecule has 0 aromatic heterocycles. The summed E-state index contributed by atoms with van der Waals surface area (Å²) in [5.74, 6) is -3.22. The van der Waals surface area contributed by atoms with E-state index in [1.165, 1.54) is 12.1 Å². The van der Waals surface area contributed by atoms with Gasteiger partial charge in [0.2, 0.25) is 17.7 Å². The largest absolute Gasteiger partial charge is 0.508 e. The third-order valence-corrected chi connectivity index (χ3v) is 3.46. The highest BCUT2D eigenvalue weighted by Crippen LogP contribution is 2.10. The molecule has 8 N–H and O–H groups in total. The molecule has 26 heavy (non-hydrogen) atoms. The van der Waals surface area contributed by atoms with Crippen molar-refractivity contribution in [1.29, 1.82) is 0 Å². The lowest BCUT2D eigenvalue weighted by atomic mass is 10.1. The SMILES string of the molecule is NC(=O)CC[C@H](NC(=O)CNC(=O)[C@@H](N)Cc1ccc(O)cc1)C(=O)O. The zero-order valence-corrected chi connectivity index (χ0v) is 14.0. The number of nitrogens with one attached hydrogen (secondary N) is 2. The van der Waals surface area contributed by atoms with Crippen LogP contribution in [0.1, 0.15) is 18.4 Å². The van der Waals surface area contributed by atoms with Crippen molar-refractivity contribution in [3.05, 3.63) is 29.8 Å². The van der Waals surface area contributed by atoms with Gasteiger partial charge in [-0.3, -0.25) is 14.4 Å². The van der Waals surface area contributed by atoms with Crippen LogP contribution in [0.3, 0.4) is 0 Å². The van der Waals surface area contributed by atoms with Gasteiger partial charge in [0.05, 0.1) is 12.6 Å². The maximum Gasteiger partial charge on any atom is 0.326 e. The minimum absolute atomic E-state index is 0.0905. The molecule has 1 aromatic carbocycles. The van der Waals surface area contributed by atoms with E-state index in [2.05, 4.69) is 10.6 Å². The lowest BCUT2D eigenvalue weighted by molar-refractivity contribution is -0.142. The maximum absolute atomic E-state index is 11.9. The second-order valence-corrected chi connectivity index (χ2v) is 5.66. The second-order valence-electron chi connectivity index (χ2n) is 5.66. The van der Waals surface area contributed by atoms with Crippen molar-refractivity contribution in [2.75, 3.05) is 6.54 Å². The van der Waals surface area contributed by atoms with Gasteiger partial charge in [-0.25, -0.2) is 4.79 Å². The molecule has 10 nitrogen and oxygen atoms in total. The second kappa shape index (κ2) is 9.99. The van der Waals surface area contributed by atoms with Gasteiger partial charge < -0.3 is 32.3 Å². The highest BCUT2D eigenvalue weighted by atomic mass is 16.4. The molecule has 0 bridgehead atoms. The summed E-state index contributed by atoms with van der Waals surface area (Å²) in [7, 11) is 0. The molecule has 0 heterocycles. The first-order valence-electron chi connectivity index (χ1n) is 7.80. The zero-order chi connectivity index (χ0) is 19.7. The average Bonchev–Trinajstić information content (AvgIpc) is 2.57. The Morgan fingerprint density at radius 1 is 1.12 bits per heavy atom. The van der Waals surface area contributed by atoms with Gasteiger partial charge in [0.15, 0.2) is 0 Å². The van der Waals surface area contributed by atoms with Crippen molar-refractivity contribution in [3.8, 4) is 5.75 Å². The van der Waals surface area contributed by atoms with Crippen LogP contribution in [0.25, 0.3) is 0 Å². The fourth-order valence-electron chi connectivity index (χ4n) is 2.07. The maximum atomic E-state index is 11.9. The van der Waals surface area contributed by atoms with E-state index in [-0.39, 0.29) is 25.0 Å². The first-order chi connectivity index (χ1) is 12.2. The number of carboxylic acids is 1. The Kier molecular flexibility index (Phi) is 8.03. The molecule has 142 valence electrons. The van der Waals surface area contributed by atoms with Crippen LogP contribution in [0.15, 0.2) is 24.3 Å². The Bertz CT molecular complexity index is 661. The third kappa shape index (κ3) is 7.62. The lowest BCUT2D eigenvalue weighted by Gasteiger charge is -2.15. The number of carboxylic acid groups (broad SMARTS) is 1. The van der Waals surface area contributed by atoms with Crippen LogP contribution in [0, 0.1) is 0 Å². The summed E-state index contributed by atoms with van der Waals surface area (Å²) in [6.07, 6.45) is -0.143. The summed E-state index contributed by atoms with van der Waals surface area (Å²) in [6, 6.07) is 3.96. The molecule has 0 fully saturated rings.